The van der Waals surface area contributed by atoms with Gasteiger partial charge in [-0.05, 0) is 38.8 Å². The molecular formula is C21H34N2O4. The van der Waals surface area contributed by atoms with Gasteiger partial charge in [0, 0.05) is 13.1 Å². The van der Waals surface area contributed by atoms with E-state index in [0.29, 0.717) is 13.1 Å². The smallest absolute Gasteiger partial charge is 0.407 e. The van der Waals surface area contributed by atoms with E-state index >= 15 is 0 Å². The van der Waals surface area contributed by atoms with Gasteiger partial charge in [-0.2, -0.15) is 0 Å². The minimum atomic E-state index is -0.820. The van der Waals surface area contributed by atoms with Gasteiger partial charge >= 0.3 is 12.1 Å². The lowest BCUT2D eigenvalue weighted by Crippen LogP contribution is -2.32. The molecule has 0 aromatic heterocycles. The maximum atomic E-state index is 11.6. The Morgan fingerprint density at radius 2 is 1.89 bits per heavy atom. The van der Waals surface area contributed by atoms with Gasteiger partial charge in [-0.1, -0.05) is 55.9 Å². The van der Waals surface area contributed by atoms with E-state index in [-0.39, 0.29) is 13.2 Å². The number of hydrogen-bond acceptors (Lipinski definition) is 4. The molecule has 0 unspecified atom stereocenters. The fourth-order valence-corrected chi connectivity index (χ4v) is 2.39. The standard InChI is InChI=1S/C21H34N2O4/c1-5-7-12-19(6-2)17-27-21(26)22-13-10-8-9-11-14-23(15-18(3)4)16-20(24)25/h5-7,12H,2-3,8-11,13-17H2,1,4H3,(H,22,26)(H,24,25)/b7-5-,19-12+. The van der Waals surface area contributed by atoms with Crippen molar-refractivity contribution < 1.29 is 19.4 Å². The molecule has 0 aliphatic rings. The van der Waals surface area contributed by atoms with Crippen molar-refractivity contribution in [2.75, 3.05) is 32.8 Å². The Labute approximate surface area is 163 Å². The van der Waals surface area contributed by atoms with Gasteiger partial charge in [-0.3, -0.25) is 9.69 Å². The average Bonchev–Trinajstić information content (AvgIpc) is 2.59. The zero-order chi connectivity index (χ0) is 20.5. The highest BCUT2D eigenvalue weighted by atomic mass is 16.5. The third-order valence-corrected chi connectivity index (χ3v) is 3.66. The number of unbranched alkanes of at least 4 members (excludes halogenated alkanes) is 3. The van der Waals surface area contributed by atoms with Crippen LogP contribution in [0, 0.1) is 0 Å². The Balaban J connectivity index is 3.83. The molecule has 27 heavy (non-hydrogen) atoms. The van der Waals surface area contributed by atoms with Crippen LogP contribution in [0.15, 0.2) is 48.6 Å². The summed E-state index contributed by atoms with van der Waals surface area (Å²) >= 11 is 0. The van der Waals surface area contributed by atoms with E-state index in [1.54, 1.807) is 6.08 Å². The summed E-state index contributed by atoms with van der Waals surface area (Å²) in [6, 6.07) is 0. The number of carboxylic acid groups (broad SMARTS) is 1. The summed E-state index contributed by atoms with van der Waals surface area (Å²) in [7, 11) is 0. The van der Waals surface area contributed by atoms with Crippen LogP contribution in [0.2, 0.25) is 0 Å². The van der Waals surface area contributed by atoms with E-state index in [2.05, 4.69) is 18.5 Å². The molecule has 0 aromatic carbocycles. The highest BCUT2D eigenvalue weighted by Crippen LogP contribution is 2.04. The Hall–Kier alpha value is -2.34. The molecule has 0 fully saturated rings. The fraction of sp³-hybridized carbons (Fsp3) is 0.524. The van der Waals surface area contributed by atoms with E-state index in [1.807, 2.05) is 37.0 Å². The maximum Gasteiger partial charge on any atom is 0.407 e. The molecule has 0 atom stereocenters. The molecule has 2 N–H and O–H groups in total. The van der Waals surface area contributed by atoms with Crippen molar-refractivity contribution in [2.45, 2.75) is 39.5 Å². The number of carbonyl (C=O) groups is 2. The van der Waals surface area contributed by atoms with E-state index in [4.69, 9.17) is 9.84 Å². The van der Waals surface area contributed by atoms with Crippen LogP contribution >= 0.6 is 0 Å². The van der Waals surface area contributed by atoms with E-state index in [9.17, 15) is 9.59 Å². The van der Waals surface area contributed by atoms with Gasteiger partial charge in [0.05, 0.1) is 6.54 Å². The molecule has 6 nitrogen and oxygen atoms in total. The third kappa shape index (κ3) is 15.6. The summed E-state index contributed by atoms with van der Waals surface area (Å²) in [4.78, 5) is 24.4. The van der Waals surface area contributed by atoms with Gasteiger partial charge in [0.1, 0.15) is 6.61 Å². The highest BCUT2D eigenvalue weighted by molar-refractivity contribution is 5.69. The number of carbonyl (C=O) groups excluding carboxylic acids is 1. The molecular weight excluding hydrogens is 344 g/mol. The van der Waals surface area contributed by atoms with Crippen LogP contribution in [0.5, 0.6) is 0 Å². The molecule has 0 rings (SSSR count). The minimum Gasteiger partial charge on any atom is -0.480 e. The van der Waals surface area contributed by atoms with Crippen LogP contribution in [-0.2, 0) is 9.53 Å². The van der Waals surface area contributed by atoms with E-state index < -0.39 is 12.1 Å². The topological polar surface area (TPSA) is 78.9 Å². The second kappa shape index (κ2) is 15.9. The zero-order valence-corrected chi connectivity index (χ0v) is 16.7. The number of allylic oxidation sites excluding steroid dienone is 3. The SMILES string of the molecule is C=C/C(=C\C=C/C)COC(=O)NCCCCCCN(CC(=C)C)CC(=O)O. The van der Waals surface area contributed by atoms with Crippen molar-refractivity contribution in [3.8, 4) is 0 Å². The van der Waals surface area contributed by atoms with Crippen molar-refractivity contribution in [1.29, 1.82) is 0 Å². The normalized spacial score (nSPS) is 11.6. The monoisotopic (exact) mass is 378 g/mol. The molecule has 0 heterocycles. The molecule has 0 radical (unpaired) electrons. The van der Waals surface area contributed by atoms with Gasteiger partial charge in [-0.15, -0.1) is 0 Å². The number of ether oxygens (including phenoxy) is 1. The molecule has 0 aliphatic carbocycles. The predicted octanol–water partition coefficient (Wildman–Crippen LogP) is 3.92. The molecule has 0 saturated carbocycles. The maximum absolute atomic E-state index is 11.6. The van der Waals surface area contributed by atoms with Crippen LogP contribution in [0.3, 0.4) is 0 Å². The number of aliphatic carboxylic acids is 1. The first-order valence-corrected chi connectivity index (χ1v) is 9.32. The van der Waals surface area contributed by atoms with Crippen LogP contribution in [0.1, 0.15) is 39.5 Å². The average molecular weight is 379 g/mol. The Morgan fingerprint density at radius 3 is 2.48 bits per heavy atom. The van der Waals surface area contributed by atoms with Crippen molar-refractivity contribution in [3.05, 3.63) is 48.6 Å². The number of nitrogens with zero attached hydrogens (tertiary/aromatic N) is 1. The van der Waals surface area contributed by atoms with Crippen molar-refractivity contribution >= 4 is 12.1 Å². The summed E-state index contributed by atoms with van der Waals surface area (Å²) in [6.45, 7) is 13.5. The number of alkyl carbamates (subject to hydrolysis) is 1. The largest absolute Gasteiger partial charge is 0.480 e. The first-order valence-electron chi connectivity index (χ1n) is 9.32. The lowest BCUT2D eigenvalue weighted by molar-refractivity contribution is -0.138. The summed E-state index contributed by atoms with van der Waals surface area (Å²) in [5.74, 6) is -0.820. The van der Waals surface area contributed by atoms with Crippen molar-refractivity contribution in [3.63, 3.8) is 0 Å². The zero-order valence-electron chi connectivity index (χ0n) is 16.7. The summed E-state index contributed by atoms with van der Waals surface area (Å²) < 4.78 is 5.13. The first-order chi connectivity index (χ1) is 12.9. The number of rotatable bonds is 15. The van der Waals surface area contributed by atoms with Gasteiger partial charge in [0.2, 0.25) is 0 Å². The summed E-state index contributed by atoms with van der Waals surface area (Å²) in [5.41, 5.74) is 1.79. The van der Waals surface area contributed by atoms with Gasteiger partial charge < -0.3 is 15.2 Å². The lowest BCUT2D eigenvalue weighted by Gasteiger charge is -2.20. The summed E-state index contributed by atoms with van der Waals surface area (Å²) in [5, 5.41) is 11.7. The second-order valence-electron chi connectivity index (χ2n) is 6.45. The number of hydrogen-bond donors (Lipinski definition) is 2. The van der Waals surface area contributed by atoms with Gasteiger partial charge in [0.25, 0.3) is 0 Å². The molecule has 152 valence electrons. The quantitative estimate of drug-likeness (QED) is 0.256. The molecule has 0 aliphatic heterocycles. The Bertz CT molecular complexity index is 522. The summed E-state index contributed by atoms with van der Waals surface area (Å²) in [6.07, 6.45) is 10.6. The number of carboxylic acids is 1. The van der Waals surface area contributed by atoms with Crippen molar-refractivity contribution in [2.24, 2.45) is 0 Å². The molecule has 0 aromatic rings. The van der Waals surface area contributed by atoms with E-state index in [1.165, 1.54) is 0 Å². The highest BCUT2D eigenvalue weighted by Gasteiger charge is 2.09. The molecule has 0 saturated heterocycles. The van der Waals surface area contributed by atoms with Crippen LogP contribution in [-0.4, -0.2) is 54.9 Å². The second-order valence-corrected chi connectivity index (χ2v) is 6.45. The minimum absolute atomic E-state index is 0.0371. The Kier molecular flexibility index (Phi) is 14.5. The van der Waals surface area contributed by atoms with Crippen LogP contribution < -0.4 is 5.32 Å². The molecule has 0 bridgehead atoms. The van der Waals surface area contributed by atoms with Crippen molar-refractivity contribution in [1.82, 2.24) is 10.2 Å². The molecule has 0 spiro atoms. The van der Waals surface area contributed by atoms with Gasteiger partial charge in [-0.25, -0.2) is 4.79 Å². The fourth-order valence-electron chi connectivity index (χ4n) is 2.39. The number of amides is 1. The van der Waals surface area contributed by atoms with Crippen LogP contribution in [0.25, 0.3) is 0 Å². The Morgan fingerprint density at radius 1 is 1.19 bits per heavy atom. The van der Waals surface area contributed by atoms with Crippen LogP contribution in [0.4, 0.5) is 4.79 Å². The third-order valence-electron chi connectivity index (χ3n) is 3.66. The van der Waals surface area contributed by atoms with E-state index in [0.717, 1.165) is 43.4 Å². The van der Waals surface area contributed by atoms with Gasteiger partial charge in [0.15, 0.2) is 0 Å². The predicted molar refractivity (Wildman–Crippen MR) is 110 cm³/mol. The molecule has 1 amide bonds. The molecule has 6 heteroatoms. The number of nitrogens with one attached hydrogen (secondary N) is 1. The first kappa shape index (κ1) is 24.7. The lowest BCUT2D eigenvalue weighted by atomic mass is 10.2.